The number of nitrogens with zero attached hydrogens (tertiary/aromatic N) is 4. The molecule has 0 atom stereocenters. The Labute approximate surface area is 195 Å². The molecule has 1 amide bonds. The Balaban J connectivity index is 1.64. The molecule has 1 fully saturated rings. The number of rotatable bonds is 5. The van der Waals surface area contributed by atoms with Crippen LogP contribution >= 0.6 is 11.3 Å². The number of aromatic nitrogens is 1. The molecular formula is C22H24N4O5S2. The van der Waals surface area contributed by atoms with Crippen molar-refractivity contribution in [3.63, 3.8) is 0 Å². The molecule has 0 aliphatic carbocycles. The number of fused-ring (bicyclic) bond motifs is 1. The average molecular weight is 489 g/mol. The first-order valence-electron chi connectivity index (χ1n) is 10.8. The molecule has 0 saturated carbocycles. The fraction of sp³-hybridized carbons (Fsp3) is 0.364. The molecule has 4 rings (SSSR count). The molecule has 0 radical (unpaired) electrons. The normalized spacial score (nSPS) is 16.1. The summed E-state index contributed by atoms with van der Waals surface area (Å²) in [4.78, 5) is 28.3. The molecule has 1 aromatic heterocycles. The van der Waals surface area contributed by atoms with Gasteiger partial charge >= 0.3 is 0 Å². The van der Waals surface area contributed by atoms with E-state index in [9.17, 15) is 23.3 Å². The number of amides is 1. The topological polar surface area (TPSA) is 115 Å². The maximum atomic E-state index is 12.9. The maximum absolute atomic E-state index is 12.9. The summed E-state index contributed by atoms with van der Waals surface area (Å²) in [5.74, 6) is -0.503. The summed E-state index contributed by atoms with van der Waals surface area (Å²) in [6.45, 7) is 3.39. The lowest BCUT2D eigenvalue weighted by atomic mass is 10.2. The lowest BCUT2D eigenvalue weighted by Gasteiger charge is -2.19. The number of non-ortho nitro benzene ring substituents is 1. The molecule has 3 aromatic rings. The van der Waals surface area contributed by atoms with Crippen LogP contribution in [0.1, 0.15) is 43.0 Å². The fourth-order valence-electron chi connectivity index (χ4n) is 3.91. The summed E-state index contributed by atoms with van der Waals surface area (Å²) in [5.41, 5.74) is 0.889. The molecule has 2 heterocycles. The highest BCUT2D eigenvalue weighted by molar-refractivity contribution is 7.89. The zero-order valence-corrected chi connectivity index (χ0v) is 19.8. The lowest BCUT2D eigenvalue weighted by Crippen LogP contribution is -2.31. The molecule has 0 bridgehead atoms. The second kappa shape index (κ2) is 9.54. The van der Waals surface area contributed by atoms with Crippen LogP contribution in [-0.4, -0.2) is 41.2 Å². The second-order valence-corrected chi connectivity index (χ2v) is 10.7. The smallest absolute Gasteiger partial charge is 0.279 e. The summed E-state index contributed by atoms with van der Waals surface area (Å²) in [6, 6.07) is 10.4. The number of benzene rings is 2. The van der Waals surface area contributed by atoms with Gasteiger partial charge in [-0.15, -0.1) is 0 Å². The molecular weight excluding hydrogens is 464 g/mol. The van der Waals surface area contributed by atoms with Gasteiger partial charge in [0, 0.05) is 37.3 Å². The van der Waals surface area contributed by atoms with Gasteiger partial charge in [0.1, 0.15) is 0 Å². The Morgan fingerprint density at radius 1 is 1.09 bits per heavy atom. The number of thiazole rings is 1. The first-order valence-corrected chi connectivity index (χ1v) is 13.0. The minimum absolute atomic E-state index is 0.0263. The molecule has 33 heavy (non-hydrogen) atoms. The van der Waals surface area contributed by atoms with Crippen LogP contribution < -0.4 is 4.80 Å². The summed E-state index contributed by atoms with van der Waals surface area (Å²) in [6.07, 6.45) is 3.77. The number of sulfonamides is 1. The monoisotopic (exact) mass is 488 g/mol. The van der Waals surface area contributed by atoms with Gasteiger partial charge in [-0.25, -0.2) is 8.42 Å². The predicted molar refractivity (Wildman–Crippen MR) is 126 cm³/mol. The van der Waals surface area contributed by atoms with Crippen molar-refractivity contribution in [3.05, 3.63) is 62.9 Å². The summed E-state index contributed by atoms with van der Waals surface area (Å²) < 4.78 is 29.9. The van der Waals surface area contributed by atoms with Crippen molar-refractivity contribution in [1.29, 1.82) is 0 Å². The first-order chi connectivity index (χ1) is 15.8. The summed E-state index contributed by atoms with van der Waals surface area (Å²) >= 11 is 1.27. The molecule has 0 unspecified atom stereocenters. The Bertz CT molecular complexity index is 1370. The maximum Gasteiger partial charge on any atom is 0.279 e. The number of hydrogen-bond donors (Lipinski definition) is 0. The Morgan fingerprint density at radius 3 is 2.36 bits per heavy atom. The van der Waals surface area contributed by atoms with E-state index >= 15 is 0 Å². The predicted octanol–water partition coefficient (Wildman–Crippen LogP) is 3.94. The molecule has 0 N–H and O–H groups in total. The molecule has 1 aliphatic heterocycles. The van der Waals surface area contributed by atoms with Crippen LogP contribution in [0.25, 0.3) is 10.2 Å². The number of aryl methyl sites for hydroxylation is 1. The van der Waals surface area contributed by atoms with Crippen LogP contribution in [0.15, 0.2) is 52.4 Å². The van der Waals surface area contributed by atoms with Crippen LogP contribution in [0.5, 0.6) is 0 Å². The van der Waals surface area contributed by atoms with Crippen LogP contribution in [-0.2, 0) is 16.6 Å². The SMILES string of the molecule is CCn1c(=NC(=O)c2ccc(S(=O)(=O)N3CCCCCC3)cc2)sc2ccc([N+](=O)[O-])cc21. The minimum atomic E-state index is -3.59. The van der Waals surface area contributed by atoms with Crippen LogP contribution in [0, 0.1) is 10.1 Å². The van der Waals surface area contributed by atoms with E-state index in [0.717, 1.165) is 30.4 Å². The molecule has 11 heteroatoms. The van der Waals surface area contributed by atoms with Gasteiger partial charge in [0.2, 0.25) is 10.0 Å². The van der Waals surface area contributed by atoms with Crippen molar-refractivity contribution >= 4 is 43.2 Å². The van der Waals surface area contributed by atoms with Gasteiger partial charge in [0.15, 0.2) is 4.80 Å². The molecule has 2 aromatic carbocycles. The zero-order chi connectivity index (χ0) is 23.6. The van der Waals surface area contributed by atoms with Gasteiger partial charge in [0.05, 0.1) is 20.0 Å². The third kappa shape index (κ3) is 4.75. The second-order valence-electron chi connectivity index (χ2n) is 7.80. The Kier molecular flexibility index (Phi) is 6.73. The van der Waals surface area contributed by atoms with E-state index < -0.39 is 20.9 Å². The van der Waals surface area contributed by atoms with Crippen molar-refractivity contribution in [2.24, 2.45) is 4.99 Å². The van der Waals surface area contributed by atoms with Gasteiger partial charge in [0.25, 0.3) is 11.6 Å². The molecule has 174 valence electrons. The number of nitro benzene ring substituents is 1. The highest BCUT2D eigenvalue weighted by atomic mass is 32.2. The van der Waals surface area contributed by atoms with E-state index in [1.54, 1.807) is 10.6 Å². The summed E-state index contributed by atoms with van der Waals surface area (Å²) in [7, 11) is -3.59. The van der Waals surface area contributed by atoms with Crippen molar-refractivity contribution in [2.75, 3.05) is 13.1 Å². The largest absolute Gasteiger partial charge is 0.316 e. The third-order valence-electron chi connectivity index (χ3n) is 5.69. The van der Waals surface area contributed by atoms with E-state index in [1.807, 2.05) is 6.92 Å². The van der Waals surface area contributed by atoms with E-state index in [2.05, 4.69) is 4.99 Å². The number of carbonyl (C=O) groups is 1. The standard InChI is InChI=1S/C22H24N4O5S2/c1-2-25-19-15-17(26(28)29)9-12-20(19)32-22(25)23-21(27)16-7-10-18(11-8-16)33(30,31)24-13-5-3-4-6-14-24/h7-12,15H,2-6,13-14H2,1H3. The molecule has 1 aliphatic rings. The van der Waals surface area contributed by atoms with Gasteiger partial charge in [-0.2, -0.15) is 9.30 Å². The van der Waals surface area contributed by atoms with E-state index in [1.165, 1.54) is 52.0 Å². The fourth-order valence-corrected chi connectivity index (χ4v) is 6.50. The highest BCUT2D eigenvalue weighted by Crippen LogP contribution is 2.24. The summed E-state index contributed by atoms with van der Waals surface area (Å²) in [5, 5.41) is 11.1. The number of hydrogen-bond acceptors (Lipinski definition) is 6. The van der Waals surface area contributed by atoms with Crippen LogP contribution in [0.4, 0.5) is 5.69 Å². The van der Waals surface area contributed by atoms with Crippen molar-refractivity contribution in [2.45, 2.75) is 44.0 Å². The highest BCUT2D eigenvalue weighted by Gasteiger charge is 2.25. The van der Waals surface area contributed by atoms with E-state index in [4.69, 9.17) is 0 Å². The van der Waals surface area contributed by atoms with Gasteiger partial charge < -0.3 is 4.57 Å². The van der Waals surface area contributed by atoms with Crippen molar-refractivity contribution in [3.8, 4) is 0 Å². The van der Waals surface area contributed by atoms with Gasteiger partial charge in [-0.1, -0.05) is 24.2 Å². The molecule has 9 nitrogen and oxygen atoms in total. The van der Waals surface area contributed by atoms with Crippen molar-refractivity contribution in [1.82, 2.24) is 8.87 Å². The van der Waals surface area contributed by atoms with Crippen molar-refractivity contribution < 1.29 is 18.1 Å². The van der Waals surface area contributed by atoms with Gasteiger partial charge in [-0.3, -0.25) is 14.9 Å². The lowest BCUT2D eigenvalue weighted by molar-refractivity contribution is -0.384. The van der Waals surface area contributed by atoms with E-state index in [0.29, 0.717) is 30.0 Å². The number of carbonyl (C=O) groups excluding carboxylic acids is 1. The van der Waals surface area contributed by atoms with Crippen LogP contribution in [0.2, 0.25) is 0 Å². The van der Waals surface area contributed by atoms with Gasteiger partial charge in [-0.05, 0) is 50.1 Å². The Hall–Kier alpha value is -2.89. The zero-order valence-electron chi connectivity index (χ0n) is 18.1. The van der Waals surface area contributed by atoms with E-state index in [-0.39, 0.29) is 16.1 Å². The Morgan fingerprint density at radius 2 is 1.76 bits per heavy atom. The third-order valence-corrected chi connectivity index (χ3v) is 8.67. The molecule has 1 saturated heterocycles. The number of nitro groups is 1. The average Bonchev–Trinajstić information content (AvgIpc) is 2.96. The van der Waals surface area contributed by atoms with Crippen LogP contribution in [0.3, 0.4) is 0 Å². The minimum Gasteiger partial charge on any atom is -0.316 e. The quantitative estimate of drug-likeness (QED) is 0.399. The molecule has 0 spiro atoms. The first kappa shape index (κ1) is 23.3.